The summed E-state index contributed by atoms with van der Waals surface area (Å²) in [5, 5.41) is 29.6. The van der Waals surface area contributed by atoms with Crippen LogP contribution in [-0.2, 0) is 23.8 Å². The third-order valence-corrected chi connectivity index (χ3v) is 2.94. The van der Waals surface area contributed by atoms with Crippen LogP contribution >= 0.6 is 0 Å². The van der Waals surface area contributed by atoms with E-state index in [0.29, 0.717) is 12.2 Å². The van der Waals surface area contributed by atoms with Crippen LogP contribution in [0, 0.1) is 0 Å². The molecule has 9 heteroatoms. The van der Waals surface area contributed by atoms with Gasteiger partial charge in [-0.2, -0.15) is 0 Å². The third-order valence-electron chi connectivity index (χ3n) is 2.94. The fraction of sp³-hybridized carbons (Fsp3) is 0.667. The van der Waals surface area contributed by atoms with Crippen molar-refractivity contribution in [3.63, 3.8) is 0 Å². The Hall–Kier alpha value is -0.480. The van der Waals surface area contributed by atoms with E-state index in [1.54, 1.807) is 6.92 Å². The maximum atomic E-state index is 11.2. The maximum absolute atomic E-state index is 11.2. The van der Waals surface area contributed by atoms with Crippen molar-refractivity contribution in [3.8, 4) is 0 Å². The predicted octanol–water partition coefficient (Wildman–Crippen LogP) is -5.64. The van der Waals surface area contributed by atoms with Crippen LogP contribution in [0.2, 0.25) is 0 Å². The van der Waals surface area contributed by atoms with Crippen LogP contribution in [0.1, 0.15) is 6.92 Å². The van der Waals surface area contributed by atoms with Crippen molar-refractivity contribution >= 4 is 11.9 Å². The first-order valence-electron chi connectivity index (χ1n) is 5.97. The first kappa shape index (κ1) is 20.5. The summed E-state index contributed by atoms with van der Waals surface area (Å²) in [5.74, 6) is -2.40. The summed E-state index contributed by atoms with van der Waals surface area (Å²) in [6.07, 6.45) is -3.32. The maximum Gasteiger partial charge on any atom is 1.00 e. The Bertz CT molecular complexity index is 385. The molecule has 1 rings (SSSR count). The molecule has 0 saturated carbocycles. The van der Waals surface area contributed by atoms with Crippen molar-refractivity contribution in [1.82, 2.24) is 0 Å². The molecule has 2 unspecified atom stereocenters. The first-order valence-corrected chi connectivity index (χ1v) is 5.97. The van der Waals surface area contributed by atoms with Gasteiger partial charge in [0.15, 0.2) is 0 Å². The van der Waals surface area contributed by atoms with Gasteiger partial charge in [-0.05, 0) is 13.0 Å². The molecular formula is C12H17NaO8. The molecule has 114 valence electrons. The second kappa shape index (κ2) is 9.52. The van der Waals surface area contributed by atoms with Crippen molar-refractivity contribution in [2.45, 2.75) is 37.4 Å². The van der Waals surface area contributed by atoms with Crippen molar-refractivity contribution in [3.05, 3.63) is 12.2 Å². The zero-order valence-electron chi connectivity index (χ0n) is 12.1. The molecular weight excluding hydrogens is 295 g/mol. The number of methoxy groups -OCH3 is 1. The summed E-state index contributed by atoms with van der Waals surface area (Å²) in [6, 6.07) is 0. The summed E-state index contributed by atoms with van der Waals surface area (Å²) in [4.78, 5) is 21.3. The van der Waals surface area contributed by atoms with Gasteiger partial charge in [-0.25, -0.2) is 4.79 Å². The Kier molecular flexibility index (Phi) is 9.30. The van der Waals surface area contributed by atoms with Gasteiger partial charge >= 0.3 is 35.5 Å². The van der Waals surface area contributed by atoms with Gasteiger partial charge in [0.25, 0.3) is 0 Å². The molecule has 0 radical (unpaired) electrons. The minimum atomic E-state index is -1.52. The number of carboxylic acid groups (broad SMARTS) is 1. The molecule has 0 aliphatic carbocycles. The zero-order chi connectivity index (χ0) is 15.3. The van der Waals surface area contributed by atoms with Crippen molar-refractivity contribution in [1.29, 1.82) is 0 Å². The van der Waals surface area contributed by atoms with E-state index in [0.717, 1.165) is 0 Å². The van der Waals surface area contributed by atoms with E-state index in [1.165, 1.54) is 7.11 Å². The molecule has 0 bridgehead atoms. The molecule has 1 aliphatic rings. The van der Waals surface area contributed by atoms with Crippen LogP contribution in [0.15, 0.2) is 12.2 Å². The van der Waals surface area contributed by atoms with Gasteiger partial charge in [0.1, 0.15) is 31.0 Å². The van der Waals surface area contributed by atoms with Crippen LogP contribution in [-0.4, -0.2) is 66.4 Å². The Morgan fingerprint density at radius 2 is 1.90 bits per heavy atom. The van der Waals surface area contributed by atoms with Gasteiger partial charge < -0.3 is 34.3 Å². The minimum absolute atomic E-state index is 0. The van der Waals surface area contributed by atoms with Crippen LogP contribution in [0.3, 0.4) is 0 Å². The van der Waals surface area contributed by atoms with Crippen LogP contribution in [0.25, 0.3) is 0 Å². The number of aliphatic hydroxyl groups is 2. The second-order valence-electron chi connectivity index (χ2n) is 4.34. The van der Waals surface area contributed by atoms with E-state index in [4.69, 9.17) is 14.2 Å². The number of aliphatic carboxylic acids is 1. The molecule has 1 saturated heterocycles. The first-order chi connectivity index (χ1) is 9.36. The number of carbonyl (C=O) groups is 2. The molecule has 21 heavy (non-hydrogen) atoms. The summed E-state index contributed by atoms with van der Waals surface area (Å²) in [5.41, 5.74) is 0. The Morgan fingerprint density at radius 3 is 2.43 bits per heavy atom. The largest absolute Gasteiger partial charge is 1.00 e. The van der Waals surface area contributed by atoms with E-state index >= 15 is 0 Å². The van der Waals surface area contributed by atoms with Crippen molar-refractivity contribution < 1.29 is 68.7 Å². The van der Waals surface area contributed by atoms with E-state index in [-0.39, 0.29) is 36.2 Å². The summed E-state index contributed by atoms with van der Waals surface area (Å²) in [7, 11) is 1.32. The van der Waals surface area contributed by atoms with E-state index in [1.807, 2.05) is 0 Å². The van der Waals surface area contributed by atoms with Gasteiger partial charge in [-0.1, -0.05) is 0 Å². The molecule has 0 aromatic carbocycles. The van der Waals surface area contributed by atoms with Gasteiger partial charge in [-0.3, -0.25) is 0 Å². The van der Waals surface area contributed by atoms with E-state index in [9.17, 15) is 24.9 Å². The third kappa shape index (κ3) is 6.03. The fourth-order valence-electron chi connectivity index (χ4n) is 1.90. The molecule has 5 atom stereocenters. The standard InChI is InChI=1S/C12H18O8.Na/c1-6-10(16)11(17)12(18-2)7(20-6)5-19-9(15)4-3-8(13)14;/h3-4,6-7,10-12,16-17H,5H2,1-2H3,(H,13,14);/q;+1/p-1/b4-3-;/t6-,7?,10?,11+,12+;/m1./s1. The van der Waals surface area contributed by atoms with E-state index < -0.39 is 42.5 Å². The average molecular weight is 312 g/mol. The van der Waals surface area contributed by atoms with Gasteiger partial charge in [0.2, 0.25) is 0 Å². The number of carboxylic acids is 1. The molecule has 0 spiro atoms. The number of esters is 1. The summed E-state index contributed by atoms with van der Waals surface area (Å²) in [6.45, 7) is 1.31. The molecule has 0 amide bonds. The molecule has 1 heterocycles. The topological polar surface area (TPSA) is 125 Å². The van der Waals surface area contributed by atoms with Crippen molar-refractivity contribution in [2.75, 3.05) is 13.7 Å². The Balaban J connectivity index is 0.00000400. The van der Waals surface area contributed by atoms with E-state index in [2.05, 4.69) is 0 Å². The monoisotopic (exact) mass is 312 g/mol. The Morgan fingerprint density at radius 1 is 1.29 bits per heavy atom. The van der Waals surface area contributed by atoms with Gasteiger partial charge in [-0.15, -0.1) is 0 Å². The Labute approximate surface area is 144 Å². The van der Waals surface area contributed by atoms with Crippen molar-refractivity contribution in [2.24, 2.45) is 0 Å². The summed E-state index contributed by atoms with van der Waals surface area (Å²) < 4.78 is 15.2. The number of rotatable bonds is 5. The van der Waals surface area contributed by atoms with Crippen LogP contribution in [0.5, 0.6) is 0 Å². The fourth-order valence-corrected chi connectivity index (χ4v) is 1.90. The van der Waals surface area contributed by atoms with Gasteiger partial charge in [0, 0.05) is 13.2 Å². The summed E-state index contributed by atoms with van der Waals surface area (Å²) >= 11 is 0. The molecule has 0 aromatic heterocycles. The normalized spacial score (nSPS) is 32.5. The number of aliphatic hydroxyl groups excluding tert-OH is 2. The minimum Gasteiger partial charge on any atom is -0.545 e. The quantitative estimate of drug-likeness (QED) is 0.292. The molecule has 1 aliphatic heterocycles. The zero-order valence-corrected chi connectivity index (χ0v) is 14.1. The number of hydrogen-bond donors (Lipinski definition) is 2. The number of hydrogen-bond acceptors (Lipinski definition) is 8. The van der Waals surface area contributed by atoms with Crippen LogP contribution in [0.4, 0.5) is 0 Å². The SMILES string of the molecule is CO[C@H]1C(COC(=O)/C=C\C(=O)[O-])O[C@H](C)C(O)[C@@H]1O.[Na+]. The molecule has 1 fully saturated rings. The second-order valence-corrected chi connectivity index (χ2v) is 4.34. The smallest absolute Gasteiger partial charge is 0.545 e. The van der Waals surface area contributed by atoms with Crippen LogP contribution < -0.4 is 34.7 Å². The molecule has 0 aromatic rings. The number of ether oxygens (including phenoxy) is 3. The predicted molar refractivity (Wildman–Crippen MR) is 62.3 cm³/mol. The number of carbonyl (C=O) groups excluding carboxylic acids is 2. The van der Waals surface area contributed by atoms with Gasteiger partial charge in [0.05, 0.1) is 12.1 Å². The molecule has 8 nitrogen and oxygen atoms in total. The average Bonchev–Trinajstić information content (AvgIpc) is 2.40. The molecule has 2 N–H and O–H groups in total.